The third kappa shape index (κ3) is 5.27. The number of carbonyl (C=O) groups excluding carboxylic acids is 2. The molecule has 2 aromatic carbocycles. The van der Waals surface area contributed by atoms with Crippen molar-refractivity contribution in [2.75, 3.05) is 38.3 Å². The van der Waals surface area contributed by atoms with E-state index in [1.54, 1.807) is 35.2 Å². The van der Waals surface area contributed by atoms with E-state index in [4.69, 9.17) is 14.2 Å². The van der Waals surface area contributed by atoms with Crippen LogP contribution in [0.25, 0.3) is 0 Å². The first-order valence-electron chi connectivity index (χ1n) is 10.5. The van der Waals surface area contributed by atoms with Gasteiger partial charge in [-0.1, -0.05) is 6.07 Å². The largest absolute Gasteiger partial charge is 0.493 e. The highest BCUT2D eigenvalue weighted by atomic mass is 19.3. The molecule has 0 aliphatic carbocycles. The van der Waals surface area contributed by atoms with Crippen LogP contribution in [0.4, 0.5) is 14.5 Å². The van der Waals surface area contributed by atoms with Crippen LogP contribution in [0.1, 0.15) is 12.0 Å². The Balaban J connectivity index is 1.31. The van der Waals surface area contributed by atoms with Gasteiger partial charge in [-0.2, -0.15) is 8.78 Å². The fourth-order valence-corrected chi connectivity index (χ4v) is 3.87. The van der Waals surface area contributed by atoms with E-state index in [1.807, 2.05) is 0 Å². The van der Waals surface area contributed by atoms with Gasteiger partial charge in [-0.3, -0.25) is 9.59 Å². The minimum Gasteiger partial charge on any atom is -0.493 e. The fraction of sp³-hybridized carbons (Fsp3) is 0.391. The summed E-state index contributed by atoms with van der Waals surface area (Å²) in [6.45, 7) is -1.41. The Labute approximate surface area is 189 Å². The summed E-state index contributed by atoms with van der Waals surface area (Å²) in [5.74, 6) is 0.539. The average Bonchev–Trinajstić information content (AvgIpc) is 3.21. The number of benzene rings is 2. The van der Waals surface area contributed by atoms with E-state index in [0.29, 0.717) is 43.4 Å². The molecule has 8 nitrogen and oxygen atoms in total. The second kappa shape index (κ2) is 9.93. The summed E-state index contributed by atoms with van der Waals surface area (Å²) in [5.41, 5.74) is 1.45. The Hall–Kier alpha value is -3.56. The molecule has 0 saturated carbocycles. The molecule has 2 heterocycles. The van der Waals surface area contributed by atoms with Crippen LogP contribution < -0.4 is 29.2 Å². The second-order valence-corrected chi connectivity index (χ2v) is 7.64. The van der Waals surface area contributed by atoms with Crippen LogP contribution in [0.2, 0.25) is 0 Å². The van der Waals surface area contributed by atoms with Gasteiger partial charge in [-0.25, -0.2) is 0 Å². The number of hydrogen-bond donors (Lipinski definition) is 1. The Bertz CT molecular complexity index is 1030. The number of alkyl halides is 2. The SMILES string of the molecule is COc1cc(CCNC(=O)C2CC(=O)N(c3ccc4c(c3)OCCO4)C2)ccc1OC(F)F. The minimum absolute atomic E-state index is 0.0519. The van der Waals surface area contributed by atoms with Crippen LogP contribution in [0.15, 0.2) is 36.4 Å². The molecule has 2 aliphatic heterocycles. The minimum atomic E-state index is -2.94. The first-order valence-corrected chi connectivity index (χ1v) is 10.5. The summed E-state index contributed by atoms with van der Waals surface area (Å²) in [6.07, 6.45) is 0.581. The number of fused-ring (bicyclic) bond motifs is 1. The van der Waals surface area contributed by atoms with E-state index in [9.17, 15) is 18.4 Å². The number of carbonyl (C=O) groups is 2. The van der Waals surface area contributed by atoms with Gasteiger partial charge in [-0.15, -0.1) is 0 Å². The number of anilines is 1. The smallest absolute Gasteiger partial charge is 0.387 e. The fourth-order valence-electron chi connectivity index (χ4n) is 3.87. The molecule has 1 fully saturated rings. The Morgan fingerprint density at radius 2 is 1.94 bits per heavy atom. The first-order chi connectivity index (χ1) is 15.9. The Morgan fingerprint density at radius 1 is 1.15 bits per heavy atom. The molecule has 2 aliphatic rings. The molecule has 176 valence electrons. The van der Waals surface area contributed by atoms with E-state index in [1.165, 1.54) is 13.2 Å². The van der Waals surface area contributed by atoms with Gasteiger partial charge < -0.3 is 29.2 Å². The molecule has 10 heteroatoms. The molecule has 4 rings (SSSR count). The summed E-state index contributed by atoms with van der Waals surface area (Å²) in [5, 5.41) is 2.85. The van der Waals surface area contributed by atoms with Crippen molar-refractivity contribution in [2.45, 2.75) is 19.5 Å². The molecule has 0 bridgehead atoms. The van der Waals surface area contributed by atoms with Gasteiger partial charge >= 0.3 is 6.61 Å². The van der Waals surface area contributed by atoms with E-state index in [-0.39, 0.29) is 36.3 Å². The van der Waals surface area contributed by atoms with Crippen molar-refractivity contribution in [3.63, 3.8) is 0 Å². The van der Waals surface area contributed by atoms with E-state index in [2.05, 4.69) is 10.1 Å². The number of rotatable bonds is 8. The summed E-state index contributed by atoms with van der Waals surface area (Å²) >= 11 is 0. The number of amides is 2. The zero-order valence-corrected chi connectivity index (χ0v) is 18.0. The number of ether oxygens (including phenoxy) is 4. The molecule has 1 atom stereocenters. The Kier molecular flexibility index (Phi) is 6.81. The lowest BCUT2D eigenvalue weighted by atomic mass is 10.1. The first kappa shape index (κ1) is 22.6. The van der Waals surface area contributed by atoms with Crippen LogP contribution in [0.5, 0.6) is 23.0 Å². The van der Waals surface area contributed by atoms with Gasteiger partial charge in [0.05, 0.1) is 13.0 Å². The van der Waals surface area contributed by atoms with Crippen molar-refractivity contribution in [3.8, 4) is 23.0 Å². The lowest BCUT2D eigenvalue weighted by Gasteiger charge is -2.22. The van der Waals surface area contributed by atoms with E-state index >= 15 is 0 Å². The molecule has 0 aromatic heterocycles. The van der Waals surface area contributed by atoms with Gasteiger partial charge in [0.25, 0.3) is 0 Å². The molecule has 0 radical (unpaired) electrons. The molecule has 1 N–H and O–H groups in total. The maximum Gasteiger partial charge on any atom is 0.387 e. The maximum atomic E-state index is 12.6. The van der Waals surface area contributed by atoms with Crippen LogP contribution >= 0.6 is 0 Å². The highest BCUT2D eigenvalue weighted by Gasteiger charge is 2.35. The maximum absolute atomic E-state index is 12.6. The molecule has 33 heavy (non-hydrogen) atoms. The standard InChI is InChI=1S/C23H24F2N2O6/c1-30-19-10-14(2-4-18(19)33-23(24)25)6-7-26-22(29)15-11-21(28)27(13-15)16-3-5-17-20(12-16)32-9-8-31-17/h2-5,10,12,15,23H,6-9,11,13H2,1H3,(H,26,29). The summed E-state index contributed by atoms with van der Waals surface area (Å²) < 4.78 is 45.5. The topological polar surface area (TPSA) is 86.3 Å². The lowest BCUT2D eigenvalue weighted by molar-refractivity contribution is -0.126. The number of methoxy groups -OCH3 is 1. The number of nitrogens with zero attached hydrogens (tertiary/aromatic N) is 1. The summed E-state index contributed by atoms with van der Waals surface area (Å²) in [7, 11) is 1.36. The van der Waals surface area contributed by atoms with Gasteiger partial charge in [0.1, 0.15) is 13.2 Å². The Morgan fingerprint density at radius 3 is 2.70 bits per heavy atom. The van der Waals surface area contributed by atoms with Crippen molar-refractivity contribution in [3.05, 3.63) is 42.0 Å². The van der Waals surface area contributed by atoms with Crippen molar-refractivity contribution in [1.29, 1.82) is 0 Å². The number of hydrogen-bond acceptors (Lipinski definition) is 6. The van der Waals surface area contributed by atoms with Crippen molar-refractivity contribution in [2.24, 2.45) is 5.92 Å². The van der Waals surface area contributed by atoms with Crippen molar-refractivity contribution in [1.82, 2.24) is 5.32 Å². The second-order valence-electron chi connectivity index (χ2n) is 7.64. The van der Waals surface area contributed by atoms with Gasteiger partial charge in [0.15, 0.2) is 23.0 Å². The predicted octanol–water partition coefficient (Wildman–Crippen LogP) is 2.78. The number of halogens is 2. The summed E-state index contributed by atoms with van der Waals surface area (Å²) in [4.78, 5) is 26.7. The quantitative estimate of drug-likeness (QED) is 0.650. The monoisotopic (exact) mass is 462 g/mol. The third-order valence-electron chi connectivity index (χ3n) is 5.49. The zero-order valence-electron chi connectivity index (χ0n) is 18.0. The average molecular weight is 462 g/mol. The molecule has 1 saturated heterocycles. The molecular weight excluding hydrogens is 438 g/mol. The normalized spacial score (nSPS) is 17.3. The predicted molar refractivity (Wildman–Crippen MR) is 114 cm³/mol. The van der Waals surface area contributed by atoms with Crippen LogP contribution in [0, 0.1) is 5.92 Å². The highest BCUT2D eigenvalue weighted by Crippen LogP contribution is 2.36. The molecule has 0 spiro atoms. The van der Waals surface area contributed by atoms with Crippen LogP contribution in [-0.4, -0.2) is 51.8 Å². The van der Waals surface area contributed by atoms with E-state index in [0.717, 1.165) is 5.56 Å². The molecule has 2 aromatic rings. The zero-order chi connectivity index (χ0) is 23.4. The van der Waals surface area contributed by atoms with Gasteiger partial charge in [0, 0.05) is 31.3 Å². The molecule has 1 unspecified atom stereocenters. The molecule has 2 amide bonds. The number of nitrogens with one attached hydrogen (secondary N) is 1. The lowest BCUT2D eigenvalue weighted by Crippen LogP contribution is -2.34. The van der Waals surface area contributed by atoms with Gasteiger partial charge in [0.2, 0.25) is 11.8 Å². The van der Waals surface area contributed by atoms with Crippen LogP contribution in [-0.2, 0) is 16.0 Å². The van der Waals surface area contributed by atoms with Crippen LogP contribution in [0.3, 0.4) is 0 Å². The van der Waals surface area contributed by atoms with Crippen molar-refractivity contribution < 1.29 is 37.3 Å². The van der Waals surface area contributed by atoms with E-state index < -0.39 is 12.5 Å². The third-order valence-corrected chi connectivity index (χ3v) is 5.49. The van der Waals surface area contributed by atoms with Crippen molar-refractivity contribution >= 4 is 17.5 Å². The molecular formula is C23H24F2N2O6. The highest BCUT2D eigenvalue weighted by molar-refractivity contribution is 6.00. The summed E-state index contributed by atoms with van der Waals surface area (Å²) in [6, 6.07) is 9.92. The van der Waals surface area contributed by atoms with Gasteiger partial charge in [-0.05, 0) is 36.2 Å².